The Balaban J connectivity index is 1.49. The Hall–Kier alpha value is -3.26. The van der Waals surface area contributed by atoms with E-state index in [1.54, 1.807) is 37.1 Å². The lowest BCUT2D eigenvalue weighted by Crippen LogP contribution is -2.54. The van der Waals surface area contributed by atoms with Crippen molar-refractivity contribution in [3.8, 4) is 11.5 Å². The number of anilines is 1. The normalized spacial score (nSPS) is 15.1. The van der Waals surface area contributed by atoms with Crippen LogP contribution in [0.5, 0.6) is 11.5 Å². The van der Waals surface area contributed by atoms with Crippen LogP contribution >= 0.6 is 0 Å². The van der Waals surface area contributed by atoms with Gasteiger partial charge in [-0.25, -0.2) is 4.79 Å². The molecule has 31 heavy (non-hydrogen) atoms. The summed E-state index contributed by atoms with van der Waals surface area (Å²) in [5.74, 6) is 0.783. The van der Waals surface area contributed by atoms with E-state index < -0.39 is 6.04 Å². The monoisotopic (exact) mass is 426 g/mol. The second kappa shape index (κ2) is 10.7. The van der Waals surface area contributed by atoms with Crippen LogP contribution in [0, 0.1) is 0 Å². The number of piperazine rings is 1. The summed E-state index contributed by atoms with van der Waals surface area (Å²) in [6.07, 6.45) is 0. The van der Waals surface area contributed by atoms with Crippen molar-refractivity contribution < 1.29 is 19.1 Å². The van der Waals surface area contributed by atoms with Crippen LogP contribution in [0.1, 0.15) is 12.5 Å². The number of hydrogen-bond donors (Lipinski definition) is 2. The molecule has 0 aliphatic carbocycles. The minimum absolute atomic E-state index is 0.236. The highest BCUT2D eigenvalue weighted by Crippen LogP contribution is 2.28. The number of benzene rings is 2. The van der Waals surface area contributed by atoms with E-state index >= 15 is 0 Å². The van der Waals surface area contributed by atoms with Gasteiger partial charge in [-0.15, -0.1) is 0 Å². The number of rotatable bonds is 7. The molecular weight excluding hydrogens is 396 g/mol. The number of urea groups is 1. The Kier molecular flexibility index (Phi) is 7.72. The topological polar surface area (TPSA) is 83.1 Å². The number of ether oxygens (including phenoxy) is 2. The number of amides is 3. The SMILES string of the molecule is COc1ccc(OC)c(NC(=O)[C@@H](C)NC(=O)N2CCN(Cc3ccccc3)CC2)c1. The van der Waals surface area contributed by atoms with E-state index in [4.69, 9.17) is 9.47 Å². The van der Waals surface area contributed by atoms with Crippen LogP contribution in [0.3, 0.4) is 0 Å². The van der Waals surface area contributed by atoms with E-state index in [9.17, 15) is 9.59 Å². The summed E-state index contributed by atoms with van der Waals surface area (Å²) >= 11 is 0. The molecule has 1 heterocycles. The molecule has 1 atom stereocenters. The molecule has 3 amide bonds. The summed E-state index contributed by atoms with van der Waals surface area (Å²) < 4.78 is 10.5. The first-order chi connectivity index (χ1) is 15.0. The van der Waals surface area contributed by atoms with Gasteiger partial charge in [0.1, 0.15) is 17.5 Å². The Morgan fingerprint density at radius 3 is 2.35 bits per heavy atom. The van der Waals surface area contributed by atoms with E-state index in [1.165, 1.54) is 12.7 Å². The lowest BCUT2D eigenvalue weighted by molar-refractivity contribution is -0.117. The van der Waals surface area contributed by atoms with Gasteiger partial charge in [0.25, 0.3) is 0 Å². The molecule has 0 saturated carbocycles. The summed E-state index contributed by atoms with van der Waals surface area (Å²) in [4.78, 5) is 29.3. The van der Waals surface area contributed by atoms with Crippen molar-refractivity contribution in [2.24, 2.45) is 0 Å². The van der Waals surface area contributed by atoms with Crippen LogP contribution in [0.25, 0.3) is 0 Å². The van der Waals surface area contributed by atoms with Gasteiger partial charge in [0.15, 0.2) is 0 Å². The second-order valence-corrected chi connectivity index (χ2v) is 7.48. The van der Waals surface area contributed by atoms with Crippen LogP contribution in [-0.2, 0) is 11.3 Å². The fourth-order valence-corrected chi connectivity index (χ4v) is 3.45. The van der Waals surface area contributed by atoms with Crippen molar-refractivity contribution in [3.63, 3.8) is 0 Å². The number of hydrogen-bond acceptors (Lipinski definition) is 5. The highest BCUT2D eigenvalue weighted by atomic mass is 16.5. The molecule has 0 unspecified atom stereocenters. The third-order valence-electron chi connectivity index (χ3n) is 5.31. The summed E-state index contributed by atoms with van der Waals surface area (Å²) in [7, 11) is 3.08. The predicted molar refractivity (Wildman–Crippen MR) is 119 cm³/mol. The van der Waals surface area contributed by atoms with Crippen molar-refractivity contribution in [2.75, 3.05) is 45.7 Å². The molecule has 2 N–H and O–H groups in total. The average molecular weight is 427 g/mol. The zero-order valence-corrected chi connectivity index (χ0v) is 18.3. The van der Waals surface area contributed by atoms with Crippen LogP contribution < -0.4 is 20.1 Å². The van der Waals surface area contributed by atoms with Crippen LogP contribution in [0.2, 0.25) is 0 Å². The summed E-state index contributed by atoms with van der Waals surface area (Å²) in [5, 5.41) is 5.58. The van der Waals surface area contributed by atoms with E-state index in [0.29, 0.717) is 30.3 Å². The first-order valence-corrected chi connectivity index (χ1v) is 10.3. The number of nitrogens with one attached hydrogen (secondary N) is 2. The fraction of sp³-hybridized carbons (Fsp3) is 0.391. The van der Waals surface area contributed by atoms with Crippen LogP contribution in [0.15, 0.2) is 48.5 Å². The Morgan fingerprint density at radius 1 is 1.00 bits per heavy atom. The maximum absolute atomic E-state index is 12.6. The van der Waals surface area contributed by atoms with Gasteiger partial charge in [-0.3, -0.25) is 9.69 Å². The first kappa shape index (κ1) is 22.4. The maximum atomic E-state index is 12.6. The van der Waals surface area contributed by atoms with Gasteiger partial charge in [0.05, 0.1) is 19.9 Å². The number of carbonyl (C=O) groups is 2. The third kappa shape index (κ3) is 6.11. The molecule has 0 aromatic heterocycles. The molecule has 1 saturated heterocycles. The van der Waals surface area contributed by atoms with E-state index in [-0.39, 0.29) is 11.9 Å². The molecule has 2 aromatic rings. The fourth-order valence-electron chi connectivity index (χ4n) is 3.45. The second-order valence-electron chi connectivity index (χ2n) is 7.48. The van der Waals surface area contributed by atoms with Crippen molar-refractivity contribution in [1.82, 2.24) is 15.1 Å². The van der Waals surface area contributed by atoms with Crippen molar-refractivity contribution in [3.05, 3.63) is 54.1 Å². The highest BCUT2D eigenvalue weighted by molar-refractivity contribution is 5.98. The minimum atomic E-state index is -0.703. The molecule has 2 aromatic carbocycles. The molecule has 1 fully saturated rings. The molecule has 3 rings (SSSR count). The van der Waals surface area contributed by atoms with E-state index in [2.05, 4.69) is 27.7 Å². The van der Waals surface area contributed by atoms with Gasteiger partial charge in [0.2, 0.25) is 5.91 Å². The van der Waals surface area contributed by atoms with Gasteiger partial charge < -0.3 is 25.0 Å². The first-order valence-electron chi connectivity index (χ1n) is 10.3. The van der Waals surface area contributed by atoms with Gasteiger partial charge in [-0.1, -0.05) is 30.3 Å². The van der Waals surface area contributed by atoms with Gasteiger partial charge >= 0.3 is 6.03 Å². The van der Waals surface area contributed by atoms with Crippen molar-refractivity contribution in [1.29, 1.82) is 0 Å². The smallest absolute Gasteiger partial charge is 0.318 e. The molecule has 1 aliphatic rings. The third-order valence-corrected chi connectivity index (χ3v) is 5.31. The largest absolute Gasteiger partial charge is 0.497 e. The number of methoxy groups -OCH3 is 2. The lowest BCUT2D eigenvalue weighted by atomic mass is 10.2. The Labute approximate surface area is 183 Å². The molecule has 0 spiro atoms. The molecule has 166 valence electrons. The van der Waals surface area contributed by atoms with Crippen LogP contribution in [0.4, 0.5) is 10.5 Å². The molecular formula is C23H30N4O4. The number of nitrogens with zero attached hydrogens (tertiary/aromatic N) is 2. The summed E-state index contributed by atoms with van der Waals surface area (Å²) in [6.45, 7) is 5.37. The molecule has 0 radical (unpaired) electrons. The molecule has 8 heteroatoms. The van der Waals surface area contributed by atoms with Crippen LogP contribution in [-0.4, -0.2) is 68.2 Å². The highest BCUT2D eigenvalue weighted by Gasteiger charge is 2.24. The van der Waals surface area contributed by atoms with E-state index in [1.807, 2.05) is 18.2 Å². The predicted octanol–water partition coefficient (Wildman–Crippen LogP) is 2.56. The zero-order valence-electron chi connectivity index (χ0n) is 18.3. The van der Waals surface area contributed by atoms with Gasteiger partial charge in [-0.05, 0) is 24.6 Å². The van der Waals surface area contributed by atoms with Crippen molar-refractivity contribution >= 4 is 17.6 Å². The van der Waals surface area contributed by atoms with Gasteiger partial charge in [0, 0.05) is 38.8 Å². The summed E-state index contributed by atoms with van der Waals surface area (Å²) in [5.41, 5.74) is 1.75. The van der Waals surface area contributed by atoms with Gasteiger partial charge in [-0.2, -0.15) is 0 Å². The Morgan fingerprint density at radius 2 is 1.71 bits per heavy atom. The van der Waals surface area contributed by atoms with E-state index in [0.717, 1.165) is 19.6 Å². The minimum Gasteiger partial charge on any atom is -0.497 e. The number of carbonyl (C=O) groups excluding carboxylic acids is 2. The standard InChI is InChI=1S/C23H30N4O4/c1-17(22(28)25-20-15-19(30-2)9-10-21(20)31-3)24-23(29)27-13-11-26(12-14-27)16-18-7-5-4-6-8-18/h4-10,15,17H,11-14,16H2,1-3H3,(H,24,29)(H,25,28)/t17-/m1/s1. The maximum Gasteiger partial charge on any atom is 0.318 e. The van der Waals surface area contributed by atoms with Crippen molar-refractivity contribution in [2.45, 2.75) is 19.5 Å². The summed E-state index contributed by atoms with van der Waals surface area (Å²) in [6, 6.07) is 14.5. The Bertz CT molecular complexity index is 882. The molecule has 1 aliphatic heterocycles. The average Bonchev–Trinajstić information content (AvgIpc) is 2.80. The molecule has 0 bridgehead atoms. The quantitative estimate of drug-likeness (QED) is 0.711. The molecule has 8 nitrogen and oxygen atoms in total. The lowest BCUT2D eigenvalue weighted by Gasteiger charge is -2.35. The zero-order chi connectivity index (χ0) is 22.2.